The molecule has 0 bridgehead atoms. The van der Waals surface area contributed by atoms with Crippen LogP contribution in [-0.4, -0.2) is 33.9 Å². The molecule has 6 nitrogen and oxygen atoms in total. The molecule has 2 fully saturated rings. The molecular weight excluding hydrogens is 489 g/mol. The molecule has 0 saturated carbocycles. The van der Waals surface area contributed by atoms with E-state index in [2.05, 4.69) is 0 Å². The van der Waals surface area contributed by atoms with E-state index in [-0.39, 0.29) is 17.7 Å². The number of likely N-dealkylation sites (tertiary alicyclic amines) is 1. The van der Waals surface area contributed by atoms with E-state index in [1.54, 1.807) is 72.8 Å². The molecular formula is C27H17Cl2NO5. The van der Waals surface area contributed by atoms with E-state index in [0.29, 0.717) is 21.2 Å². The first-order valence-corrected chi connectivity index (χ1v) is 11.8. The molecule has 2 saturated heterocycles. The van der Waals surface area contributed by atoms with Crippen LogP contribution in [0.25, 0.3) is 0 Å². The molecule has 6 rings (SSSR count). The number of carbonyl (C=O) groups excluding carboxylic acids is 4. The van der Waals surface area contributed by atoms with Gasteiger partial charge in [0, 0.05) is 21.2 Å². The number of imide groups is 1. The summed E-state index contributed by atoms with van der Waals surface area (Å²) >= 11 is 12.0. The molecule has 0 radical (unpaired) electrons. The van der Waals surface area contributed by atoms with Crippen molar-refractivity contribution in [3.05, 3.63) is 105 Å². The SMILES string of the molecule is O=C1[C@@H]2[C@@H](c3ccc(Cl)cc3)OC3(C(=O)c4ccccc4C3=O)[C@H]2C(=O)N1Cc1ccc(Cl)cc1. The molecule has 1 aliphatic carbocycles. The largest absolute Gasteiger partial charge is 0.349 e. The lowest BCUT2D eigenvalue weighted by Crippen LogP contribution is -2.50. The van der Waals surface area contributed by atoms with E-state index in [4.69, 9.17) is 27.9 Å². The van der Waals surface area contributed by atoms with Gasteiger partial charge in [-0.25, -0.2) is 0 Å². The summed E-state index contributed by atoms with van der Waals surface area (Å²) in [7, 11) is 0. The van der Waals surface area contributed by atoms with Gasteiger partial charge in [0.1, 0.15) is 0 Å². The van der Waals surface area contributed by atoms with Gasteiger partial charge in [0.15, 0.2) is 0 Å². The summed E-state index contributed by atoms with van der Waals surface area (Å²) in [6.45, 7) is 0.000578. The van der Waals surface area contributed by atoms with Crippen LogP contribution in [0.3, 0.4) is 0 Å². The van der Waals surface area contributed by atoms with Gasteiger partial charge < -0.3 is 4.74 Å². The molecule has 35 heavy (non-hydrogen) atoms. The fraction of sp³-hybridized carbons (Fsp3) is 0.185. The van der Waals surface area contributed by atoms with E-state index < -0.39 is 46.9 Å². The Hall–Kier alpha value is -3.32. The van der Waals surface area contributed by atoms with Crippen LogP contribution in [0.15, 0.2) is 72.8 Å². The van der Waals surface area contributed by atoms with E-state index in [9.17, 15) is 19.2 Å². The van der Waals surface area contributed by atoms with Crippen molar-refractivity contribution in [1.29, 1.82) is 0 Å². The number of nitrogens with zero attached hydrogens (tertiary/aromatic N) is 1. The Morgan fingerprint density at radius 2 is 1.29 bits per heavy atom. The molecule has 3 aliphatic rings. The van der Waals surface area contributed by atoms with E-state index in [0.717, 1.165) is 4.90 Å². The number of fused-ring (bicyclic) bond motifs is 3. The first-order valence-electron chi connectivity index (χ1n) is 11.0. The van der Waals surface area contributed by atoms with Crippen molar-refractivity contribution in [2.24, 2.45) is 11.8 Å². The predicted molar refractivity (Wildman–Crippen MR) is 127 cm³/mol. The smallest absolute Gasteiger partial charge is 0.237 e. The number of hydrogen-bond acceptors (Lipinski definition) is 5. The summed E-state index contributed by atoms with van der Waals surface area (Å²) in [5.74, 6) is -4.55. The van der Waals surface area contributed by atoms with Crippen molar-refractivity contribution in [3.63, 3.8) is 0 Å². The molecule has 2 heterocycles. The van der Waals surface area contributed by atoms with Crippen molar-refractivity contribution in [3.8, 4) is 0 Å². The Balaban J connectivity index is 1.48. The molecule has 0 N–H and O–H groups in total. The zero-order chi connectivity index (χ0) is 24.5. The number of carbonyl (C=O) groups is 4. The molecule has 174 valence electrons. The molecule has 2 amide bonds. The van der Waals surface area contributed by atoms with E-state index >= 15 is 0 Å². The van der Waals surface area contributed by atoms with Crippen molar-refractivity contribution in [1.82, 2.24) is 4.90 Å². The molecule has 3 aromatic carbocycles. The molecule has 8 heteroatoms. The summed E-state index contributed by atoms with van der Waals surface area (Å²) in [6.07, 6.45) is -0.967. The monoisotopic (exact) mass is 505 g/mol. The summed E-state index contributed by atoms with van der Waals surface area (Å²) in [5, 5.41) is 1.01. The maximum Gasteiger partial charge on any atom is 0.237 e. The molecule has 2 aliphatic heterocycles. The summed E-state index contributed by atoms with van der Waals surface area (Å²) in [5.41, 5.74) is -0.428. The van der Waals surface area contributed by atoms with Gasteiger partial charge >= 0.3 is 0 Å². The molecule has 0 unspecified atom stereocenters. The van der Waals surface area contributed by atoms with E-state index in [1.807, 2.05) is 0 Å². The lowest BCUT2D eigenvalue weighted by molar-refractivity contribution is -0.145. The number of rotatable bonds is 3. The highest BCUT2D eigenvalue weighted by molar-refractivity contribution is 6.35. The third kappa shape index (κ3) is 3.07. The molecule has 1 spiro atoms. The van der Waals surface area contributed by atoms with Gasteiger partial charge in [0.25, 0.3) is 0 Å². The number of Topliss-reactive ketones (excluding diaryl/α,β-unsaturated/α-hetero) is 2. The number of ether oxygens (including phenoxy) is 1. The van der Waals surface area contributed by atoms with Crippen LogP contribution in [-0.2, 0) is 20.9 Å². The van der Waals surface area contributed by atoms with Crippen LogP contribution in [0.4, 0.5) is 0 Å². The van der Waals surface area contributed by atoms with Crippen LogP contribution < -0.4 is 0 Å². The van der Waals surface area contributed by atoms with Crippen LogP contribution in [0, 0.1) is 11.8 Å². The number of amides is 2. The Kier molecular flexibility index (Phi) is 4.97. The first kappa shape index (κ1) is 22.2. The fourth-order valence-electron chi connectivity index (χ4n) is 5.46. The van der Waals surface area contributed by atoms with Crippen molar-refractivity contribution < 1.29 is 23.9 Å². The van der Waals surface area contributed by atoms with Crippen LogP contribution in [0.1, 0.15) is 37.9 Å². The van der Waals surface area contributed by atoms with Crippen molar-refractivity contribution in [2.75, 3.05) is 0 Å². The number of ketones is 2. The Morgan fingerprint density at radius 3 is 1.86 bits per heavy atom. The second-order valence-electron chi connectivity index (χ2n) is 8.92. The normalized spacial score (nSPS) is 24.4. The number of benzene rings is 3. The molecule has 3 aromatic rings. The Labute approximate surface area is 210 Å². The predicted octanol–water partition coefficient (Wildman–Crippen LogP) is 4.68. The molecule has 3 atom stereocenters. The summed E-state index contributed by atoms with van der Waals surface area (Å²) in [6, 6.07) is 19.8. The average Bonchev–Trinajstić information content (AvgIpc) is 3.42. The maximum absolute atomic E-state index is 13.8. The quantitative estimate of drug-likeness (QED) is 0.381. The topological polar surface area (TPSA) is 80.8 Å². The van der Waals surface area contributed by atoms with Gasteiger partial charge in [-0.05, 0) is 35.4 Å². The van der Waals surface area contributed by atoms with Gasteiger partial charge in [-0.1, -0.05) is 71.7 Å². The highest BCUT2D eigenvalue weighted by Crippen LogP contribution is 2.57. The standard InChI is InChI=1S/C27H17Cl2NO5/c28-16-9-5-14(6-10-16)13-30-25(33)20-21(26(30)34)27(35-22(20)15-7-11-17(29)12-8-15)23(31)18-3-1-2-4-19(18)24(27)32/h1-12,20-22H,13H2/t20-,21+,22+/m0/s1. The minimum atomic E-state index is -2.08. The average molecular weight is 506 g/mol. The summed E-state index contributed by atoms with van der Waals surface area (Å²) in [4.78, 5) is 56.0. The molecule has 0 aromatic heterocycles. The first-order chi connectivity index (χ1) is 16.8. The number of hydrogen-bond donors (Lipinski definition) is 0. The van der Waals surface area contributed by atoms with Crippen molar-refractivity contribution >= 4 is 46.6 Å². The second kappa shape index (κ2) is 7.85. The zero-order valence-electron chi connectivity index (χ0n) is 18.1. The maximum atomic E-state index is 13.8. The minimum Gasteiger partial charge on any atom is -0.349 e. The van der Waals surface area contributed by atoms with Gasteiger partial charge in [0.2, 0.25) is 29.0 Å². The van der Waals surface area contributed by atoms with Gasteiger partial charge in [-0.3, -0.25) is 24.1 Å². The lowest BCUT2D eigenvalue weighted by Gasteiger charge is -2.27. The third-order valence-electron chi connectivity index (χ3n) is 7.06. The fourth-order valence-corrected chi connectivity index (χ4v) is 5.71. The second-order valence-corrected chi connectivity index (χ2v) is 9.79. The summed E-state index contributed by atoms with van der Waals surface area (Å²) < 4.78 is 6.24. The number of halogens is 2. The van der Waals surface area contributed by atoms with Gasteiger partial charge in [-0.2, -0.15) is 0 Å². The van der Waals surface area contributed by atoms with Crippen LogP contribution >= 0.6 is 23.2 Å². The highest BCUT2D eigenvalue weighted by Gasteiger charge is 2.74. The van der Waals surface area contributed by atoms with Crippen LogP contribution in [0.5, 0.6) is 0 Å². The highest BCUT2D eigenvalue weighted by atomic mass is 35.5. The Morgan fingerprint density at radius 1 is 0.743 bits per heavy atom. The van der Waals surface area contributed by atoms with Gasteiger partial charge in [-0.15, -0.1) is 0 Å². The third-order valence-corrected chi connectivity index (χ3v) is 7.57. The van der Waals surface area contributed by atoms with Crippen LogP contribution in [0.2, 0.25) is 10.0 Å². The lowest BCUT2D eigenvalue weighted by atomic mass is 9.77. The Bertz CT molecular complexity index is 1380. The van der Waals surface area contributed by atoms with Gasteiger partial charge in [0.05, 0.1) is 24.5 Å². The zero-order valence-corrected chi connectivity index (χ0v) is 19.6. The minimum absolute atomic E-state index is 0.000578. The van der Waals surface area contributed by atoms with E-state index in [1.165, 1.54) is 0 Å². The van der Waals surface area contributed by atoms with Crippen molar-refractivity contribution in [2.45, 2.75) is 18.2 Å².